The zero-order valence-electron chi connectivity index (χ0n) is 16.6. The molecule has 2 fully saturated rings. The van der Waals surface area contributed by atoms with Gasteiger partial charge in [-0.05, 0) is 38.2 Å². The molecular formula is C21H31N3O4. The lowest BCUT2D eigenvalue weighted by Crippen LogP contribution is -2.38. The van der Waals surface area contributed by atoms with E-state index in [0.717, 1.165) is 37.9 Å². The fourth-order valence-corrected chi connectivity index (χ4v) is 3.83. The third kappa shape index (κ3) is 5.02. The Kier molecular flexibility index (Phi) is 7.28. The van der Waals surface area contributed by atoms with Crippen molar-refractivity contribution in [1.29, 1.82) is 0 Å². The number of benzene rings is 1. The van der Waals surface area contributed by atoms with Crippen LogP contribution in [0.3, 0.4) is 0 Å². The largest absolute Gasteiger partial charge is 0.483 e. The van der Waals surface area contributed by atoms with Crippen LogP contribution in [0, 0.1) is 0 Å². The molecule has 28 heavy (non-hydrogen) atoms. The second kappa shape index (κ2) is 9.89. The van der Waals surface area contributed by atoms with Gasteiger partial charge in [-0.15, -0.1) is 0 Å². The van der Waals surface area contributed by atoms with E-state index >= 15 is 0 Å². The number of hydrogen-bond donors (Lipinski definition) is 2. The summed E-state index contributed by atoms with van der Waals surface area (Å²) in [7, 11) is 0. The van der Waals surface area contributed by atoms with Crippen LogP contribution in [-0.2, 0) is 14.3 Å². The minimum atomic E-state index is -0.451. The maximum absolute atomic E-state index is 12.6. The van der Waals surface area contributed by atoms with Gasteiger partial charge in [0, 0.05) is 25.2 Å². The van der Waals surface area contributed by atoms with Gasteiger partial charge in [-0.25, -0.2) is 0 Å². The fraction of sp³-hybridized carbons (Fsp3) is 0.619. The van der Waals surface area contributed by atoms with Crippen molar-refractivity contribution in [3.8, 4) is 5.75 Å². The second-order valence-corrected chi connectivity index (χ2v) is 7.44. The van der Waals surface area contributed by atoms with Crippen molar-refractivity contribution in [3.05, 3.63) is 29.8 Å². The first-order valence-electron chi connectivity index (χ1n) is 10.3. The Morgan fingerprint density at radius 2 is 2.04 bits per heavy atom. The lowest BCUT2D eigenvalue weighted by molar-refractivity contribution is -0.133. The summed E-state index contributed by atoms with van der Waals surface area (Å²) in [6, 6.07) is 7.36. The van der Waals surface area contributed by atoms with Crippen molar-refractivity contribution >= 4 is 11.8 Å². The zero-order chi connectivity index (χ0) is 19.9. The molecule has 0 aliphatic carbocycles. The number of rotatable bonds is 8. The fourth-order valence-electron chi connectivity index (χ4n) is 3.83. The number of ether oxygens (including phenoxy) is 2. The quantitative estimate of drug-likeness (QED) is 0.707. The SMILES string of the molecule is CCC(NC(=O)[C@@H]1CC[C@H](CN)O1)c1ccccc1OCC(=O)N1CCCC1. The summed E-state index contributed by atoms with van der Waals surface area (Å²) in [4.78, 5) is 26.7. The molecule has 2 amide bonds. The average Bonchev–Trinajstić information content (AvgIpc) is 3.42. The molecule has 0 spiro atoms. The summed E-state index contributed by atoms with van der Waals surface area (Å²) >= 11 is 0. The predicted molar refractivity (Wildman–Crippen MR) is 106 cm³/mol. The first-order chi connectivity index (χ1) is 13.6. The van der Waals surface area contributed by atoms with E-state index in [2.05, 4.69) is 5.32 Å². The topological polar surface area (TPSA) is 93.9 Å². The highest BCUT2D eigenvalue weighted by Crippen LogP contribution is 2.28. The van der Waals surface area contributed by atoms with E-state index in [0.29, 0.717) is 25.1 Å². The molecule has 0 bridgehead atoms. The van der Waals surface area contributed by atoms with E-state index in [1.54, 1.807) is 0 Å². The van der Waals surface area contributed by atoms with Crippen molar-refractivity contribution in [1.82, 2.24) is 10.2 Å². The molecule has 1 aromatic rings. The Hall–Kier alpha value is -2.12. The normalized spacial score (nSPS) is 22.9. The lowest BCUT2D eigenvalue weighted by Gasteiger charge is -2.23. The summed E-state index contributed by atoms with van der Waals surface area (Å²) in [5, 5.41) is 3.07. The van der Waals surface area contributed by atoms with Crippen molar-refractivity contribution in [2.24, 2.45) is 5.73 Å². The molecule has 2 aliphatic rings. The number of nitrogens with one attached hydrogen (secondary N) is 1. The Balaban J connectivity index is 1.62. The second-order valence-electron chi connectivity index (χ2n) is 7.44. The van der Waals surface area contributed by atoms with E-state index in [-0.39, 0.29) is 30.6 Å². The maximum Gasteiger partial charge on any atom is 0.260 e. The first kappa shape index (κ1) is 20.6. The van der Waals surface area contributed by atoms with Crippen molar-refractivity contribution < 1.29 is 19.1 Å². The van der Waals surface area contributed by atoms with Crippen LogP contribution in [-0.4, -0.2) is 55.2 Å². The van der Waals surface area contributed by atoms with Gasteiger partial charge >= 0.3 is 0 Å². The molecular weight excluding hydrogens is 358 g/mol. The van der Waals surface area contributed by atoms with Gasteiger partial charge in [0.05, 0.1) is 12.1 Å². The predicted octanol–water partition coefficient (Wildman–Crippen LogP) is 1.76. The van der Waals surface area contributed by atoms with Gasteiger partial charge in [-0.1, -0.05) is 25.1 Å². The van der Waals surface area contributed by atoms with Gasteiger partial charge in [-0.3, -0.25) is 9.59 Å². The van der Waals surface area contributed by atoms with E-state index in [9.17, 15) is 9.59 Å². The molecule has 0 radical (unpaired) electrons. The molecule has 1 unspecified atom stereocenters. The summed E-state index contributed by atoms with van der Waals surface area (Å²) in [5.41, 5.74) is 6.51. The molecule has 3 rings (SSSR count). The van der Waals surface area contributed by atoms with Crippen molar-refractivity contribution in [2.75, 3.05) is 26.2 Å². The third-order valence-electron chi connectivity index (χ3n) is 5.49. The highest BCUT2D eigenvalue weighted by atomic mass is 16.5. The summed E-state index contributed by atoms with van der Waals surface area (Å²) in [6.07, 6.45) is 3.83. The maximum atomic E-state index is 12.6. The number of carbonyl (C=O) groups excluding carboxylic acids is 2. The highest BCUT2D eigenvalue weighted by molar-refractivity contribution is 5.81. The standard InChI is InChI=1S/C21H31N3O4/c1-2-17(23-21(26)19-10-9-15(13-22)28-19)16-7-3-4-8-18(16)27-14-20(25)24-11-5-6-12-24/h3-4,7-8,15,17,19H,2,5-6,9-14,22H2,1H3,(H,23,26)/t15-,17?,19+/m1/s1. The van der Waals surface area contributed by atoms with Gasteiger partial charge in [0.15, 0.2) is 6.61 Å². The molecule has 2 saturated heterocycles. The lowest BCUT2D eigenvalue weighted by atomic mass is 10.0. The number of amides is 2. The van der Waals surface area contributed by atoms with E-state index in [1.165, 1.54) is 0 Å². The van der Waals surface area contributed by atoms with Crippen molar-refractivity contribution in [2.45, 2.75) is 57.3 Å². The molecule has 154 valence electrons. The Morgan fingerprint density at radius 3 is 2.71 bits per heavy atom. The van der Waals surface area contributed by atoms with Gasteiger partial charge in [-0.2, -0.15) is 0 Å². The number of likely N-dealkylation sites (tertiary alicyclic amines) is 1. The van der Waals surface area contributed by atoms with Gasteiger partial charge in [0.1, 0.15) is 11.9 Å². The Morgan fingerprint density at radius 1 is 1.29 bits per heavy atom. The average molecular weight is 389 g/mol. The van der Waals surface area contributed by atoms with Gasteiger partial charge in [0.25, 0.3) is 5.91 Å². The molecule has 2 heterocycles. The van der Waals surface area contributed by atoms with Crippen LogP contribution < -0.4 is 15.8 Å². The minimum absolute atomic E-state index is 0.0107. The zero-order valence-corrected chi connectivity index (χ0v) is 16.6. The van der Waals surface area contributed by atoms with Crippen LogP contribution in [0.4, 0.5) is 0 Å². The summed E-state index contributed by atoms with van der Waals surface area (Å²) < 4.78 is 11.5. The molecule has 2 aliphatic heterocycles. The van der Waals surface area contributed by atoms with Crippen LogP contribution in [0.1, 0.15) is 50.6 Å². The van der Waals surface area contributed by atoms with Crippen LogP contribution in [0.15, 0.2) is 24.3 Å². The number of para-hydroxylation sites is 1. The number of hydrogen-bond acceptors (Lipinski definition) is 5. The number of carbonyl (C=O) groups is 2. The Bertz CT molecular complexity index is 675. The molecule has 1 aromatic carbocycles. The molecule has 3 atom stereocenters. The molecule has 7 nitrogen and oxygen atoms in total. The van der Waals surface area contributed by atoms with Crippen LogP contribution in [0.5, 0.6) is 5.75 Å². The summed E-state index contributed by atoms with van der Waals surface area (Å²) in [6.45, 7) is 4.08. The first-order valence-corrected chi connectivity index (χ1v) is 10.3. The highest BCUT2D eigenvalue weighted by Gasteiger charge is 2.31. The monoisotopic (exact) mass is 389 g/mol. The number of nitrogens with zero attached hydrogens (tertiary/aromatic N) is 1. The van der Waals surface area contributed by atoms with Gasteiger partial charge in [0.2, 0.25) is 5.91 Å². The molecule has 7 heteroatoms. The smallest absolute Gasteiger partial charge is 0.260 e. The van der Waals surface area contributed by atoms with E-state index < -0.39 is 6.10 Å². The van der Waals surface area contributed by atoms with E-state index in [1.807, 2.05) is 36.1 Å². The van der Waals surface area contributed by atoms with Crippen LogP contribution in [0.2, 0.25) is 0 Å². The molecule has 0 aromatic heterocycles. The molecule has 3 N–H and O–H groups in total. The van der Waals surface area contributed by atoms with Crippen molar-refractivity contribution in [3.63, 3.8) is 0 Å². The minimum Gasteiger partial charge on any atom is -0.483 e. The third-order valence-corrected chi connectivity index (χ3v) is 5.49. The van der Waals surface area contributed by atoms with Gasteiger partial charge < -0.3 is 25.4 Å². The summed E-state index contributed by atoms with van der Waals surface area (Å²) in [5.74, 6) is 0.525. The van der Waals surface area contributed by atoms with Crippen LogP contribution >= 0.6 is 0 Å². The van der Waals surface area contributed by atoms with E-state index in [4.69, 9.17) is 15.2 Å². The Labute approximate surface area is 166 Å². The number of nitrogens with two attached hydrogens (primary N) is 1. The van der Waals surface area contributed by atoms with Crippen LogP contribution in [0.25, 0.3) is 0 Å². The molecule has 0 saturated carbocycles.